The summed E-state index contributed by atoms with van der Waals surface area (Å²) in [6.45, 7) is 0.540. The van der Waals surface area contributed by atoms with E-state index in [1.165, 1.54) is 6.26 Å². The summed E-state index contributed by atoms with van der Waals surface area (Å²) in [5.74, 6) is 5.67. The summed E-state index contributed by atoms with van der Waals surface area (Å²) in [4.78, 5) is 0.286. The van der Waals surface area contributed by atoms with Gasteiger partial charge in [0.15, 0.2) is 9.84 Å². The smallest absolute Gasteiger partial charge is 0.176 e. The van der Waals surface area contributed by atoms with Gasteiger partial charge in [-0.3, -0.25) is 0 Å². The van der Waals surface area contributed by atoms with E-state index in [0.717, 1.165) is 0 Å². The van der Waals surface area contributed by atoms with Crippen LogP contribution in [0.1, 0.15) is 5.56 Å². The molecule has 1 aromatic rings. The molecule has 0 aromatic heterocycles. The standard InChI is InChI=1S/C11H13NO2S/c1-12-9-5-7-10-6-3-4-8-11(10)15(2,13)14/h3-4,6,8,12H,9H2,1-2H3. The Morgan fingerprint density at radius 1 is 1.33 bits per heavy atom. The summed E-state index contributed by atoms with van der Waals surface area (Å²) in [7, 11) is -1.40. The van der Waals surface area contributed by atoms with Gasteiger partial charge in [0.2, 0.25) is 0 Å². The van der Waals surface area contributed by atoms with Crippen LogP contribution in [0.2, 0.25) is 0 Å². The van der Waals surface area contributed by atoms with Crippen molar-refractivity contribution in [2.24, 2.45) is 0 Å². The lowest BCUT2D eigenvalue weighted by atomic mass is 10.2. The first-order valence-corrected chi connectivity index (χ1v) is 6.37. The Morgan fingerprint density at radius 3 is 2.60 bits per heavy atom. The number of sulfone groups is 1. The Hall–Kier alpha value is -1.31. The zero-order valence-corrected chi connectivity index (χ0v) is 9.56. The van der Waals surface area contributed by atoms with Crippen molar-refractivity contribution < 1.29 is 8.42 Å². The van der Waals surface area contributed by atoms with Crippen LogP contribution in [0.25, 0.3) is 0 Å². The average molecular weight is 223 g/mol. The van der Waals surface area contributed by atoms with Gasteiger partial charge in [0.05, 0.1) is 11.4 Å². The summed E-state index contributed by atoms with van der Waals surface area (Å²) in [6, 6.07) is 6.75. The molecular weight excluding hydrogens is 210 g/mol. The second-order valence-electron chi connectivity index (χ2n) is 3.10. The minimum Gasteiger partial charge on any atom is -0.309 e. The molecule has 0 saturated heterocycles. The van der Waals surface area contributed by atoms with E-state index in [4.69, 9.17) is 0 Å². The van der Waals surface area contributed by atoms with E-state index in [1.807, 2.05) is 0 Å². The van der Waals surface area contributed by atoms with Crippen molar-refractivity contribution in [3.05, 3.63) is 29.8 Å². The molecule has 0 radical (unpaired) electrons. The molecule has 0 saturated carbocycles. The molecule has 0 aliphatic carbocycles. The molecule has 0 spiro atoms. The van der Waals surface area contributed by atoms with Crippen molar-refractivity contribution >= 4 is 9.84 Å². The van der Waals surface area contributed by atoms with Crippen molar-refractivity contribution in [3.63, 3.8) is 0 Å². The Bertz CT molecular complexity index is 495. The molecule has 0 bridgehead atoms. The molecule has 0 fully saturated rings. The van der Waals surface area contributed by atoms with E-state index in [1.54, 1.807) is 31.3 Å². The highest BCUT2D eigenvalue weighted by Gasteiger charge is 2.10. The molecule has 0 aliphatic rings. The highest BCUT2D eigenvalue weighted by molar-refractivity contribution is 7.90. The minimum absolute atomic E-state index is 0.286. The van der Waals surface area contributed by atoms with Crippen LogP contribution in [-0.4, -0.2) is 28.3 Å². The van der Waals surface area contributed by atoms with Gasteiger partial charge in [-0.1, -0.05) is 24.0 Å². The van der Waals surface area contributed by atoms with Gasteiger partial charge < -0.3 is 5.32 Å². The fourth-order valence-electron chi connectivity index (χ4n) is 1.12. The maximum Gasteiger partial charge on any atom is 0.176 e. The van der Waals surface area contributed by atoms with Crippen LogP contribution in [0.5, 0.6) is 0 Å². The second-order valence-corrected chi connectivity index (χ2v) is 5.08. The third-order valence-corrected chi connectivity index (χ3v) is 2.93. The summed E-state index contributed by atoms with van der Waals surface area (Å²) in [5.41, 5.74) is 0.551. The van der Waals surface area contributed by atoms with Crippen LogP contribution < -0.4 is 5.32 Å². The number of nitrogens with one attached hydrogen (secondary N) is 1. The van der Waals surface area contributed by atoms with E-state index in [9.17, 15) is 8.42 Å². The SMILES string of the molecule is CNCC#Cc1ccccc1S(C)(=O)=O. The lowest BCUT2D eigenvalue weighted by Gasteiger charge is -2.00. The number of hydrogen-bond acceptors (Lipinski definition) is 3. The quantitative estimate of drug-likeness (QED) is 0.749. The van der Waals surface area contributed by atoms with Gasteiger partial charge in [-0.25, -0.2) is 8.42 Å². The van der Waals surface area contributed by atoms with E-state index >= 15 is 0 Å². The van der Waals surface area contributed by atoms with E-state index in [-0.39, 0.29) is 4.90 Å². The third kappa shape index (κ3) is 3.39. The van der Waals surface area contributed by atoms with E-state index in [0.29, 0.717) is 12.1 Å². The van der Waals surface area contributed by atoms with Crippen molar-refractivity contribution in [2.75, 3.05) is 19.8 Å². The largest absolute Gasteiger partial charge is 0.309 e. The minimum atomic E-state index is -3.19. The molecule has 1 N–H and O–H groups in total. The maximum atomic E-state index is 11.4. The lowest BCUT2D eigenvalue weighted by Crippen LogP contribution is -2.05. The maximum absolute atomic E-state index is 11.4. The number of benzene rings is 1. The van der Waals surface area contributed by atoms with Crippen molar-refractivity contribution in [1.82, 2.24) is 5.32 Å². The van der Waals surface area contributed by atoms with Crippen LogP contribution in [0, 0.1) is 11.8 Å². The Balaban J connectivity index is 3.15. The molecule has 0 unspecified atom stereocenters. The first kappa shape index (κ1) is 11.8. The molecule has 3 nitrogen and oxygen atoms in total. The second kappa shape index (κ2) is 4.96. The van der Waals surface area contributed by atoms with Gasteiger partial charge >= 0.3 is 0 Å². The van der Waals surface area contributed by atoms with Crippen LogP contribution in [0.15, 0.2) is 29.2 Å². The number of hydrogen-bond donors (Lipinski definition) is 1. The Kier molecular flexibility index (Phi) is 3.89. The van der Waals surface area contributed by atoms with Gasteiger partial charge in [-0.2, -0.15) is 0 Å². The molecule has 0 amide bonds. The summed E-state index contributed by atoms with van der Waals surface area (Å²) in [5, 5.41) is 2.87. The molecule has 0 heterocycles. The molecule has 4 heteroatoms. The summed E-state index contributed by atoms with van der Waals surface area (Å²) in [6.07, 6.45) is 1.19. The zero-order valence-electron chi connectivity index (χ0n) is 8.74. The molecule has 15 heavy (non-hydrogen) atoms. The lowest BCUT2D eigenvalue weighted by molar-refractivity contribution is 0.601. The zero-order chi connectivity index (χ0) is 11.3. The van der Waals surface area contributed by atoms with Gasteiger partial charge in [0, 0.05) is 11.8 Å². The first-order valence-electron chi connectivity index (χ1n) is 4.48. The van der Waals surface area contributed by atoms with Crippen LogP contribution >= 0.6 is 0 Å². The van der Waals surface area contributed by atoms with E-state index in [2.05, 4.69) is 17.2 Å². The molecule has 1 rings (SSSR count). The Labute approximate surface area is 90.4 Å². The van der Waals surface area contributed by atoms with Gasteiger partial charge in [-0.15, -0.1) is 0 Å². The topological polar surface area (TPSA) is 46.2 Å². The predicted molar refractivity (Wildman–Crippen MR) is 60.4 cm³/mol. The fraction of sp³-hybridized carbons (Fsp3) is 0.273. The fourth-order valence-corrected chi connectivity index (χ4v) is 1.97. The van der Waals surface area contributed by atoms with Gasteiger partial charge in [0.1, 0.15) is 0 Å². The van der Waals surface area contributed by atoms with Crippen molar-refractivity contribution in [2.45, 2.75) is 4.90 Å². The van der Waals surface area contributed by atoms with Crippen LogP contribution in [0.4, 0.5) is 0 Å². The summed E-state index contributed by atoms with van der Waals surface area (Å²) < 4.78 is 22.8. The molecular formula is C11H13NO2S. The van der Waals surface area contributed by atoms with E-state index < -0.39 is 9.84 Å². The van der Waals surface area contributed by atoms with Crippen molar-refractivity contribution in [3.8, 4) is 11.8 Å². The monoisotopic (exact) mass is 223 g/mol. The molecule has 1 aromatic carbocycles. The van der Waals surface area contributed by atoms with Gasteiger partial charge in [0.25, 0.3) is 0 Å². The Morgan fingerprint density at radius 2 is 2.00 bits per heavy atom. The van der Waals surface area contributed by atoms with Crippen LogP contribution in [0.3, 0.4) is 0 Å². The molecule has 0 atom stereocenters. The summed E-state index contributed by atoms with van der Waals surface area (Å²) >= 11 is 0. The molecule has 0 aliphatic heterocycles. The van der Waals surface area contributed by atoms with Crippen LogP contribution in [-0.2, 0) is 9.84 Å². The van der Waals surface area contributed by atoms with Crippen molar-refractivity contribution in [1.29, 1.82) is 0 Å². The third-order valence-electron chi connectivity index (χ3n) is 1.77. The molecule has 80 valence electrons. The number of rotatable bonds is 2. The first-order chi connectivity index (χ1) is 7.05. The highest BCUT2D eigenvalue weighted by Crippen LogP contribution is 2.13. The normalized spacial score (nSPS) is 10.5. The predicted octanol–water partition coefficient (Wildman–Crippen LogP) is 0.661. The van der Waals surface area contributed by atoms with Gasteiger partial charge in [-0.05, 0) is 19.2 Å². The average Bonchev–Trinajstić information content (AvgIpc) is 2.17. The highest BCUT2D eigenvalue weighted by atomic mass is 32.2.